The van der Waals surface area contributed by atoms with Gasteiger partial charge in [-0.1, -0.05) is 20.8 Å². The third-order valence-corrected chi connectivity index (χ3v) is 6.72. The highest BCUT2D eigenvalue weighted by atomic mass is 32.2. The maximum atomic E-state index is 12.6. The highest BCUT2D eigenvalue weighted by Crippen LogP contribution is 2.34. The summed E-state index contributed by atoms with van der Waals surface area (Å²) < 4.78 is 32.7. The van der Waals surface area contributed by atoms with Gasteiger partial charge in [0.05, 0.1) is 32.0 Å². The lowest BCUT2D eigenvalue weighted by Crippen LogP contribution is -2.70. The van der Waals surface area contributed by atoms with Crippen LogP contribution in [0.3, 0.4) is 0 Å². The van der Waals surface area contributed by atoms with Gasteiger partial charge < -0.3 is 9.64 Å². The number of hydrogen-bond acceptors (Lipinski definition) is 5. The molecule has 2 aliphatic rings. The minimum Gasteiger partial charge on any atom is -0.369 e. The Balaban J connectivity index is 1.59. The molecule has 1 aromatic rings. The monoisotopic (exact) mass is 355 g/mol. The van der Waals surface area contributed by atoms with Gasteiger partial charge in [-0.15, -0.1) is 0 Å². The van der Waals surface area contributed by atoms with Gasteiger partial charge in [0.1, 0.15) is 10.9 Å². The van der Waals surface area contributed by atoms with Gasteiger partial charge in [-0.3, -0.25) is 9.48 Å². The van der Waals surface area contributed by atoms with E-state index in [1.165, 1.54) is 0 Å². The van der Waals surface area contributed by atoms with E-state index < -0.39 is 20.7 Å². The van der Waals surface area contributed by atoms with Crippen molar-refractivity contribution >= 4 is 15.7 Å². The predicted molar refractivity (Wildman–Crippen MR) is 89.1 cm³/mol. The van der Waals surface area contributed by atoms with Gasteiger partial charge in [-0.2, -0.15) is 5.10 Å². The van der Waals surface area contributed by atoms with Crippen molar-refractivity contribution in [2.24, 2.45) is 5.41 Å². The van der Waals surface area contributed by atoms with Crippen molar-refractivity contribution in [3.05, 3.63) is 18.5 Å². The lowest BCUT2D eigenvalue weighted by Gasteiger charge is -2.52. The van der Waals surface area contributed by atoms with E-state index in [9.17, 15) is 13.2 Å². The van der Waals surface area contributed by atoms with Gasteiger partial charge in [0.25, 0.3) is 0 Å². The lowest BCUT2D eigenvalue weighted by atomic mass is 9.89. The molecule has 2 fully saturated rings. The molecule has 8 heteroatoms. The first-order valence-electron chi connectivity index (χ1n) is 8.19. The zero-order valence-electron chi connectivity index (χ0n) is 14.4. The number of nitrogens with zero attached hydrogens (tertiary/aromatic N) is 3. The fourth-order valence-corrected chi connectivity index (χ4v) is 5.15. The molecule has 1 atom stereocenters. The molecule has 1 amide bonds. The second-order valence-electron chi connectivity index (χ2n) is 8.14. The van der Waals surface area contributed by atoms with E-state index in [0.29, 0.717) is 26.1 Å². The maximum Gasteiger partial charge on any atom is 0.223 e. The van der Waals surface area contributed by atoms with Crippen LogP contribution in [0.4, 0.5) is 0 Å². The third kappa shape index (κ3) is 3.64. The second kappa shape index (κ2) is 5.84. The summed E-state index contributed by atoms with van der Waals surface area (Å²) in [4.78, 5) is 13.9. The summed E-state index contributed by atoms with van der Waals surface area (Å²) >= 11 is 0. The first-order chi connectivity index (χ1) is 11.1. The molecule has 24 heavy (non-hydrogen) atoms. The van der Waals surface area contributed by atoms with Crippen LogP contribution in [0.15, 0.2) is 18.5 Å². The molecular formula is C16H25N3O4S. The van der Waals surface area contributed by atoms with Crippen LogP contribution in [-0.4, -0.2) is 65.3 Å². The number of sulfone groups is 1. The van der Waals surface area contributed by atoms with Crippen LogP contribution < -0.4 is 0 Å². The van der Waals surface area contributed by atoms with E-state index >= 15 is 0 Å². The Hall–Kier alpha value is -1.41. The summed E-state index contributed by atoms with van der Waals surface area (Å²) in [5.74, 6) is 0.0402. The van der Waals surface area contributed by atoms with E-state index in [1.54, 1.807) is 28.0 Å². The molecule has 2 aliphatic heterocycles. The molecule has 0 bridgehead atoms. The normalized spacial score (nSPS) is 25.5. The highest BCUT2D eigenvalue weighted by molar-refractivity contribution is 7.92. The van der Waals surface area contributed by atoms with E-state index in [0.717, 1.165) is 0 Å². The first-order valence-corrected chi connectivity index (χ1v) is 9.91. The smallest absolute Gasteiger partial charge is 0.223 e. The number of ether oxygens (including phenoxy) is 1. The Bertz CT molecular complexity index is 700. The van der Waals surface area contributed by atoms with Crippen molar-refractivity contribution in [1.29, 1.82) is 0 Å². The predicted octanol–water partition coefficient (Wildman–Crippen LogP) is 0.714. The number of carbonyl (C=O) groups excluding carboxylic acids is 1. The summed E-state index contributed by atoms with van der Waals surface area (Å²) in [5.41, 5.74) is -0.790. The molecule has 0 N–H and O–H groups in total. The van der Waals surface area contributed by atoms with Crippen molar-refractivity contribution < 1.29 is 17.9 Å². The molecule has 2 saturated heterocycles. The largest absolute Gasteiger partial charge is 0.369 e. The lowest BCUT2D eigenvalue weighted by molar-refractivity contribution is -0.166. The van der Waals surface area contributed by atoms with Crippen LogP contribution in [0, 0.1) is 5.41 Å². The molecule has 1 spiro atoms. The molecule has 134 valence electrons. The number of hydrogen-bond donors (Lipinski definition) is 0. The standard InChI is InChI=1S/C16H25N3O4S/c1-15(2,3)7-14(20)18-10-16(11-18)12-24(21,22)13(9-23-16)8-19-6-4-5-17-19/h4-6,13H,7-12H2,1-3H3/t13-/m0/s1. The summed E-state index contributed by atoms with van der Waals surface area (Å²) in [6.45, 7) is 7.25. The van der Waals surface area contributed by atoms with Crippen molar-refractivity contribution in [3.8, 4) is 0 Å². The first kappa shape index (κ1) is 17.4. The van der Waals surface area contributed by atoms with Crippen molar-refractivity contribution in [1.82, 2.24) is 14.7 Å². The number of aromatic nitrogens is 2. The fraction of sp³-hybridized carbons (Fsp3) is 0.750. The Morgan fingerprint density at radius 1 is 1.38 bits per heavy atom. The highest BCUT2D eigenvalue weighted by Gasteiger charge is 2.53. The summed E-state index contributed by atoms with van der Waals surface area (Å²) in [7, 11) is -3.28. The Morgan fingerprint density at radius 3 is 2.62 bits per heavy atom. The average molecular weight is 355 g/mol. The molecule has 0 radical (unpaired) electrons. The topological polar surface area (TPSA) is 81.5 Å². The number of likely N-dealkylation sites (tertiary alicyclic amines) is 1. The SMILES string of the molecule is CC(C)(C)CC(=O)N1CC2(C1)CS(=O)(=O)[C@@H](Cn1cccn1)CO2. The molecule has 0 aromatic carbocycles. The van der Waals surface area contributed by atoms with Gasteiger partial charge in [-0.25, -0.2) is 8.42 Å². The number of amides is 1. The molecule has 1 aromatic heterocycles. The Labute approximate surface area is 142 Å². The molecule has 0 aliphatic carbocycles. The van der Waals surface area contributed by atoms with Gasteiger partial charge >= 0.3 is 0 Å². The van der Waals surface area contributed by atoms with Gasteiger partial charge in [0.2, 0.25) is 5.91 Å². The average Bonchev–Trinajstić information content (AvgIpc) is 2.89. The fourth-order valence-electron chi connectivity index (χ4n) is 3.26. The van der Waals surface area contributed by atoms with Crippen molar-refractivity contribution in [2.45, 2.75) is 44.6 Å². The van der Waals surface area contributed by atoms with Crippen LogP contribution in [0.25, 0.3) is 0 Å². The zero-order valence-corrected chi connectivity index (χ0v) is 15.3. The Kier molecular flexibility index (Phi) is 4.24. The Morgan fingerprint density at radius 2 is 2.08 bits per heavy atom. The van der Waals surface area contributed by atoms with Crippen molar-refractivity contribution in [2.75, 3.05) is 25.4 Å². The summed E-state index contributed by atoms with van der Waals surface area (Å²) in [6, 6.07) is 1.77. The second-order valence-corrected chi connectivity index (χ2v) is 10.4. The van der Waals surface area contributed by atoms with Crippen molar-refractivity contribution in [3.63, 3.8) is 0 Å². The number of carbonyl (C=O) groups is 1. The zero-order chi connectivity index (χ0) is 17.6. The third-order valence-electron chi connectivity index (χ3n) is 4.49. The molecule has 0 unspecified atom stereocenters. The molecule has 3 rings (SSSR count). The molecule has 3 heterocycles. The molecule has 7 nitrogen and oxygen atoms in total. The van der Waals surface area contributed by atoms with Gasteiger partial charge in [0, 0.05) is 18.8 Å². The maximum absolute atomic E-state index is 12.6. The van der Waals surface area contributed by atoms with E-state index in [-0.39, 0.29) is 23.7 Å². The van der Waals surface area contributed by atoms with E-state index in [2.05, 4.69) is 5.10 Å². The molecule has 0 saturated carbocycles. The molecular weight excluding hydrogens is 330 g/mol. The van der Waals surface area contributed by atoms with Crippen LogP contribution in [-0.2, 0) is 25.9 Å². The van der Waals surface area contributed by atoms with Crippen LogP contribution in [0.2, 0.25) is 0 Å². The van der Waals surface area contributed by atoms with Crippen LogP contribution >= 0.6 is 0 Å². The van der Waals surface area contributed by atoms with E-state index in [1.807, 2.05) is 20.8 Å². The van der Waals surface area contributed by atoms with Crippen LogP contribution in [0.5, 0.6) is 0 Å². The number of rotatable bonds is 3. The minimum absolute atomic E-state index is 0.0226. The minimum atomic E-state index is -3.28. The summed E-state index contributed by atoms with van der Waals surface area (Å²) in [6.07, 6.45) is 3.83. The van der Waals surface area contributed by atoms with Crippen LogP contribution in [0.1, 0.15) is 27.2 Å². The summed E-state index contributed by atoms with van der Waals surface area (Å²) in [5, 5.41) is 3.48. The van der Waals surface area contributed by atoms with E-state index in [4.69, 9.17) is 4.74 Å². The quantitative estimate of drug-likeness (QED) is 0.798. The van der Waals surface area contributed by atoms with Gasteiger partial charge in [0.15, 0.2) is 9.84 Å². The van der Waals surface area contributed by atoms with Gasteiger partial charge in [-0.05, 0) is 11.5 Å².